The molecule has 3 heteroatoms. The maximum Gasteiger partial charge on any atom is 0.178 e. The monoisotopic (exact) mass is 268 g/mol. The van der Waals surface area contributed by atoms with Gasteiger partial charge in [0.1, 0.15) is 0 Å². The highest BCUT2D eigenvalue weighted by molar-refractivity contribution is 7.71. The van der Waals surface area contributed by atoms with Crippen molar-refractivity contribution in [1.29, 1.82) is 0 Å². The van der Waals surface area contributed by atoms with Gasteiger partial charge in [0.25, 0.3) is 0 Å². The predicted octanol–water partition coefficient (Wildman–Crippen LogP) is 4.36. The second-order valence-corrected chi connectivity index (χ2v) is 5.41. The first-order chi connectivity index (χ1) is 9.13. The van der Waals surface area contributed by atoms with Gasteiger partial charge in [0.15, 0.2) is 4.77 Å². The van der Waals surface area contributed by atoms with Gasteiger partial charge in [0, 0.05) is 0 Å². The zero-order valence-corrected chi connectivity index (χ0v) is 11.9. The number of nitrogens with zero attached hydrogens (tertiary/aromatic N) is 1. The van der Waals surface area contributed by atoms with E-state index in [0.717, 1.165) is 22.3 Å². The Kier molecular flexibility index (Phi) is 2.99. The van der Waals surface area contributed by atoms with Crippen LogP contribution in [0.25, 0.3) is 11.0 Å². The zero-order chi connectivity index (χ0) is 13.4. The van der Waals surface area contributed by atoms with Gasteiger partial charge in [-0.1, -0.05) is 35.9 Å². The molecule has 2 aromatic carbocycles. The van der Waals surface area contributed by atoms with Crippen LogP contribution in [0.3, 0.4) is 0 Å². The van der Waals surface area contributed by atoms with Crippen molar-refractivity contribution in [1.82, 2.24) is 9.55 Å². The lowest BCUT2D eigenvalue weighted by Gasteiger charge is -2.05. The highest BCUT2D eigenvalue weighted by Crippen LogP contribution is 2.17. The normalized spacial score (nSPS) is 11.1. The van der Waals surface area contributed by atoms with E-state index < -0.39 is 0 Å². The third-order valence-corrected chi connectivity index (χ3v) is 3.71. The molecule has 0 unspecified atom stereocenters. The van der Waals surface area contributed by atoms with Crippen LogP contribution >= 0.6 is 12.2 Å². The summed E-state index contributed by atoms with van der Waals surface area (Å²) in [7, 11) is 0. The fourth-order valence-electron chi connectivity index (χ4n) is 2.31. The minimum atomic E-state index is 0.779. The Balaban J connectivity index is 2.07. The van der Waals surface area contributed by atoms with E-state index in [1.165, 1.54) is 16.7 Å². The first-order valence-corrected chi connectivity index (χ1v) is 6.79. The van der Waals surface area contributed by atoms with Crippen molar-refractivity contribution in [3.63, 3.8) is 0 Å². The van der Waals surface area contributed by atoms with Gasteiger partial charge in [-0.25, -0.2) is 0 Å². The lowest BCUT2D eigenvalue weighted by molar-refractivity contribution is 0.810. The van der Waals surface area contributed by atoms with E-state index in [4.69, 9.17) is 12.2 Å². The van der Waals surface area contributed by atoms with Crippen LogP contribution in [0.5, 0.6) is 0 Å². The Morgan fingerprint density at radius 3 is 2.42 bits per heavy atom. The first-order valence-electron chi connectivity index (χ1n) is 6.38. The average molecular weight is 268 g/mol. The molecular formula is C16H16N2S. The van der Waals surface area contributed by atoms with E-state index in [9.17, 15) is 0 Å². The number of rotatable bonds is 2. The van der Waals surface area contributed by atoms with Gasteiger partial charge in [-0.3, -0.25) is 0 Å². The summed E-state index contributed by atoms with van der Waals surface area (Å²) in [5, 5.41) is 0. The van der Waals surface area contributed by atoms with Gasteiger partial charge in [-0.15, -0.1) is 0 Å². The molecule has 0 amide bonds. The largest absolute Gasteiger partial charge is 0.331 e. The number of hydrogen-bond acceptors (Lipinski definition) is 1. The summed E-state index contributed by atoms with van der Waals surface area (Å²) < 4.78 is 2.93. The van der Waals surface area contributed by atoms with E-state index in [2.05, 4.69) is 65.9 Å². The topological polar surface area (TPSA) is 20.7 Å². The van der Waals surface area contributed by atoms with Crippen LogP contribution in [-0.4, -0.2) is 9.55 Å². The van der Waals surface area contributed by atoms with Crippen LogP contribution < -0.4 is 0 Å². The predicted molar refractivity (Wildman–Crippen MR) is 82.1 cm³/mol. The van der Waals surface area contributed by atoms with Gasteiger partial charge in [-0.05, 0) is 49.3 Å². The van der Waals surface area contributed by atoms with Crippen LogP contribution in [0, 0.1) is 18.6 Å². The third kappa shape index (κ3) is 2.34. The number of benzene rings is 2. The lowest BCUT2D eigenvalue weighted by Crippen LogP contribution is -1.99. The molecule has 0 fully saturated rings. The number of aromatic nitrogens is 2. The summed E-state index contributed by atoms with van der Waals surface area (Å²) in [4.78, 5) is 3.28. The molecule has 1 N–H and O–H groups in total. The number of H-pyrrole nitrogens is 1. The number of imidazole rings is 1. The summed E-state index contributed by atoms with van der Waals surface area (Å²) >= 11 is 5.43. The average Bonchev–Trinajstić information content (AvgIpc) is 2.68. The second kappa shape index (κ2) is 4.67. The molecule has 0 aliphatic carbocycles. The summed E-state index contributed by atoms with van der Waals surface area (Å²) in [5.74, 6) is 0. The molecule has 96 valence electrons. The number of aromatic amines is 1. The van der Waals surface area contributed by atoms with E-state index in [1.807, 2.05) is 0 Å². The van der Waals surface area contributed by atoms with E-state index >= 15 is 0 Å². The molecule has 3 aromatic rings. The van der Waals surface area contributed by atoms with Crippen LogP contribution in [0.4, 0.5) is 0 Å². The van der Waals surface area contributed by atoms with Crippen molar-refractivity contribution in [2.24, 2.45) is 0 Å². The molecule has 0 saturated carbocycles. The minimum absolute atomic E-state index is 0.779. The smallest absolute Gasteiger partial charge is 0.178 e. The van der Waals surface area contributed by atoms with Gasteiger partial charge >= 0.3 is 0 Å². The molecule has 2 nitrogen and oxygen atoms in total. The van der Waals surface area contributed by atoms with Crippen LogP contribution in [0.15, 0.2) is 42.5 Å². The summed E-state index contributed by atoms with van der Waals surface area (Å²) in [5.41, 5.74) is 6.06. The molecule has 1 aromatic heterocycles. The van der Waals surface area contributed by atoms with Crippen LogP contribution in [0.2, 0.25) is 0 Å². The maximum absolute atomic E-state index is 5.43. The Morgan fingerprint density at radius 1 is 1.00 bits per heavy atom. The second-order valence-electron chi connectivity index (χ2n) is 5.02. The molecule has 0 aliphatic heterocycles. The molecule has 1 heterocycles. The molecule has 0 saturated heterocycles. The van der Waals surface area contributed by atoms with Crippen molar-refractivity contribution >= 4 is 23.3 Å². The van der Waals surface area contributed by atoms with Crippen molar-refractivity contribution in [3.05, 3.63) is 63.9 Å². The zero-order valence-electron chi connectivity index (χ0n) is 11.1. The van der Waals surface area contributed by atoms with Gasteiger partial charge < -0.3 is 9.55 Å². The minimum Gasteiger partial charge on any atom is -0.331 e. The van der Waals surface area contributed by atoms with Gasteiger partial charge in [-0.2, -0.15) is 0 Å². The molecule has 0 bridgehead atoms. The number of aryl methyl sites for hydroxylation is 2. The quantitative estimate of drug-likeness (QED) is 0.685. The molecule has 0 atom stereocenters. The van der Waals surface area contributed by atoms with Crippen LogP contribution in [-0.2, 0) is 6.54 Å². The van der Waals surface area contributed by atoms with Crippen molar-refractivity contribution in [3.8, 4) is 0 Å². The fraction of sp³-hybridized carbons (Fsp3) is 0.188. The Bertz CT molecular complexity index is 779. The van der Waals surface area contributed by atoms with Crippen molar-refractivity contribution in [2.45, 2.75) is 20.4 Å². The van der Waals surface area contributed by atoms with Gasteiger partial charge in [0.2, 0.25) is 0 Å². The lowest BCUT2D eigenvalue weighted by atomic mass is 10.1. The number of nitrogens with one attached hydrogen (secondary N) is 1. The van der Waals surface area contributed by atoms with E-state index in [1.54, 1.807) is 0 Å². The number of fused-ring (bicyclic) bond motifs is 1. The molecule has 3 rings (SSSR count). The van der Waals surface area contributed by atoms with Crippen molar-refractivity contribution < 1.29 is 0 Å². The number of hydrogen-bond donors (Lipinski definition) is 1. The van der Waals surface area contributed by atoms with E-state index in [0.29, 0.717) is 0 Å². The SMILES string of the molecule is Cc1ccc(Cn2c(=S)[nH]c3cc(C)ccc32)cc1. The molecule has 0 radical (unpaired) electrons. The Labute approximate surface area is 117 Å². The van der Waals surface area contributed by atoms with Crippen LogP contribution in [0.1, 0.15) is 16.7 Å². The van der Waals surface area contributed by atoms with Crippen molar-refractivity contribution in [2.75, 3.05) is 0 Å². The Morgan fingerprint density at radius 2 is 1.68 bits per heavy atom. The highest BCUT2D eigenvalue weighted by Gasteiger charge is 2.05. The van der Waals surface area contributed by atoms with E-state index in [-0.39, 0.29) is 0 Å². The molecule has 0 spiro atoms. The first kappa shape index (κ1) is 12.2. The third-order valence-electron chi connectivity index (χ3n) is 3.39. The fourth-order valence-corrected chi connectivity index (χ4v) is 2.58. The summed E-state index contributed by atoms with van der Waals surface area (Å²) in [6.45, 7) is 5.00. The Hall–Kier alpha value is -1.87. The standard InChI is InChI=1S/C16H16N2S/c1-11-3-6-13(7-4-11)10-18-15-8-5-12(2)9-14(15)17-16(18)19/h3-9H,10H2,1-2H3,(H,17,19). The molecule has 19 heavy (non-hydrogen) atoms. The maximum atomic E-state index is 5.43. The summed E-state index contributed by atoms with van der Waals surface area (Å²) in [6.07, 6.45) is 0. The van der Waals surface area contributed by atoms with Gasteiger partial charge in [0.05, 0.1) is 17.6 Å². The molecule has 0 aliphatic rings. The molecular weight excluding hydrogens is 252 g/mol. The summed E-state index contributed by atoms with van der Waals surface area (Å²) in [6, 6.07) is 15.0. The highest BCUT2D eigenvalue weighted by atomic mass is 32.1.